The second kappa shape index (κ2) is 4.25. The van der Waals surface area contributed by atoms with Crippen LogP contribution < -0.4 is 0 Å². The lowest BCUT2D eigenvalue weighted by atomic mass is 10.1. The summed E-state index contributed by atoms with van der Waals surface area (Å²) in [7, 11) is 0. The fourth-order valence-electron chi connectivity index (χ4n) is 2.08. The minimum absolute atomic E-state index is 0.0469. The number of carbonyl (C=O) groups is 2. The Balaban J connectivity index is 2.34. The van der Waals surface area contributed by atoms with Crippen LogP contribution in [-0.2, 0) is 17.9 Å². The molecule has 0 unspecified atom stereocenters. The van der Waals surface area contributed by atoms with Crippen LogP contribution in [0.5, 0.6) is 0 Å². The number of carbonyl (C=O) groups excluding carboxylic acids is 1. The summed E-state index contributed by atoms with van der Waals surface area (Å²) in [5, 5.41) is 13.0. The maximum Gasteiger partial charge on any atom is 0.471 e. The number of rotatable bonds is 1. The van der Waals surface area contributed by atoms with Crippen LogP contribution >= 0.6 is 0 Å². The molecule has 19 heavy (non-hydrogen) atoms. The first kappa shape index (κ1) is 13.4. The minimum atomic E-state index is -4.96. The van der Waals surface area contributed by atoms with E-state index in [1.807, 2.05) is 0 Å². The molecule has 1 amide bonds. The zero-order chi connectivity index (χ0) is 14.4. The van der Waals surface area contributed by atoms with Crippen molar-refractivity contribution in [3.8, 4) is 0 Å². The highest BCUT2D eigenvalue weighted by Gasteiger charge is 2.44. The average molecular weight is 277 g/mol. The van der Waals surface area contributed by atoms with Crippen LogP contribution in [0.1, 0.15) is 21.7 Å². The van der Waals surface area contributed by atoms with Crippen molar-refractivity contribution in [1.82, 2.24) is 14.7 Å². The summed E-state index contributed by atoms with van der Waals surface area (Å²) in [5.74, 6) is -3.23. The number of nitrogens with zero attached hydrogens (tertiary/aromatic N) is 3. The van der Waals surface area contributed by atoms with E-state index in [0.717, 1.165) is 0 Å². The second-order valence-electron chi connectivity index (χ2n) is 4.16. The number of aromatic carboxylic acids is 1. The third-order valence-corrected chi connectivity index (χ3v) is 2.90. The monoisotopic (exact) mass is 277 g/mol. The number of halogens is 3. The van der Waals surface area contributed by atoms with E-state index in [4.69, 9.17) is 5.11 Å². The lowest BCUT2D eigenvalue weighted by molar-refractivity contribution is -0.187. The van der Waals surface area contributed by atoms with Crippen LogP contribution in [0.15, 0.2) is 0 Å². The van der Waals surface area contributed by atoms with Crippen LogP contribution in [0, 0.1) is 6.92 Å². The van der Waals surface area contributed by atoms with Gasteiger partial charge in [0.1, 0.15) is 5.56 Å². The fourth-order valence-corrected chi connectivity index (χ4v) is 2.08. The Labute approximate surface area is 105 Å². The van der Waals surface area contributed by atoms with Crippen LogP contribution in [0.2, 0.25) is 0 Å². The first-order valence-electron chi connectivity index (χ1n) is 5.37. The standard InChI is InChI=1S/C10H10F3N3O3/c1-5-7(8(17)18)6-4-15(2-3-16(6)14-5)9(19)10(11,12)13/h2-4H2,1H3,(H,17,18). The minimum Gasteiger partial charge on any atom is -0.478 e. The van der Waals surface area contributed by atoms with Crippen molar-refractivity contribution in [2.45, 2.75) is 26.2 Å². The molecule has 1 aliphatic heterocycles. The van der Waals surface area contributed by atoms with Crippen LogP contribution in [0.3, 0.4) is 0 Å². The lowest BCUT2D eigenvalue weighted by Crippen LogP contribution is -2.45. The van der Waals surface area contributed by atoms with Crippen molar-refractivity contribution in [3.63, 3.8) is 0 Å². The molecule has 0 saturated carbocycles. The van der Waals surface area contributed by atoms with Crippen LogP contribution in [-0.4, -0.2) is 44.4 Å². The van der Waals surface area contributed by atoms with E-state index in [-0.39, 0.29) is 30.0 Å². The van der Waals surface area contributed by atoms with E-state index >= 15 is 0 Å². The predicted molar refractivity (Wildman–Crippen MR) is 55.4 cm³/mol. The Hall–Kier alpha value is -2.06. The summed E-state index contributed by atoms with van der Waals surface area (Å²) < 4.78 is 38.4. The van der Waals surface area contributed by atoms with Crippen LogP contribution in [0.25, 0.3) is 0 Å². The summed E-state index contributed by atoms with van der Waals surface area (Å²) in [5.41, 5.74) is 0.206. The summed E-state index contributed by atoms with van der Waals surface area (Å²) in [6.07, 6.45) is -4.96. The SMILES string of the molecule is Cc1nn2c(c1C(=O)O)CN(C(=O)C(F)(F)F)CC2. The van der Waals surface area contributed by atoms with Gasteiger partial charge in [0.25, 0.3) is 0 Å². The Morgan fingerprint density at radius 2 is 1.95 bits per heavy atom. The normalized spacial score (nSPS) is 15.3. The number of amides is 1. The molecule has 0 radical (unpaired) electrons. The summed E-state index contributed by atoms with van der Waals surface area (Å²) >= 11 is 0. The van der Waals surface area contributed by atoms with Crippen LogP contribution in [0.4, 0.5) is 13.2 Å². The molecule has 2 rings (SSSR count). The van der Waals surface area contributed by atoms with Gasteiger partial charge in [0, 0.05) is 6.54 Å². The van der Waals surface area contributed by atoms with Crippen molar-refractivity contribution >= 4 is 11.9 Å². The third kappa shape index (κ3) is 2.27. The number of aromatic nitrogens is 2. The van der Waals surface area contributed by atoms with Crippen molar-refractivity contribution in [2.24, 2.45) is 0 Å². The van der Waals surface area contributed by atoms with Gasteiger partial charge in [-0.15, -0.1) is 0 Å². The smallest absolute Gasteiger partial charge is 0.471 e. The molecule has 2 heterocycles. The molecular formula is C10H10F3N3O3. The van der Waals surface area contributed by atoms with Gasteiger partial charge in [0.05, 0.1) is 24.5 Å². The first-order valence-corrected chi connectivity index (χ1v) is 5.37. The zero-order valence-corrected chi connectivity index (χ0v) is 9.86. The third-order valence-electron chi connectivity index (χ3n) is 2.90. The summed E-state index contributed by atoms with van der Waals surface area (Å²) in [6.45, 7) is 0.961. The van der Waals surface area contributed by atoms with E-state index in [9.17, 15) is 22.8 Å². The molecule has 0 aromatic carbocycles. The summed E-state index contributed by atoms with van der Waals surface area (Å²) in [4.78, 5) is 22.8. The van der Waals surface area contributed by atoms with Crippen molar-refractivity contribution < 1.29 is 27.9 Å². The van der Waals surface area contributed by atoms with Gasteiger partial charge < -0.3 is 10.0 Å². The molecule has 1 aromatic heterocycles. The largest absolute Gasteiger partial charge is 0.478 e. The van der Waals surface area contributed by atoms with E-state index in [2.05, 4.69) is 5.10 Å². The average Bonchev–Trinajstić information content (AvgIpc) is 2.61. The Morgan fingerprint density at radius 1 is 1.32 bits per heavy atom. The van der Waals surface area contributed by atoms with E-state index in [1.54, 1.807) is 0 Å². The van der Waals surface area contributed by atoms with E-state index in [0.29, 0.717) is 4.90 Å². The number of carboxylic acids is 1. The molecule has 0 atom stereocenters. The number of fused-ring (bicyclic) bond motifs is 1. The molecule has 0 spiro atoms. The molecule has 1 aliphatic rings. The molecule has 6 nitrogen and oxygen atoms in total. The van der Waals surface area contributed by atoms with E-state index < -0.39 is 24.6 Å². The highest BCUT2D eigenvalue weighted by atomic mass is 19.4. The Bertz CT molecular complexity index is 550. The zero-order valence-electron chi connectivity index (χ0n) is 9.86. The molecule has 1 N–H and O–H groups in total. The molecular weight excluding hydrogens is 267 g/mol. The van der Waals surface area contributed by atoms with Gasteiger partial charge in [-0.2, -0.15) is 18.3 Å². The topological polar surface area (TPSA) is 75.4 Å². The van der Waals surface area contributed by atoms with Gasteiger partial charge in [-0.3, -0.25) is 9.48 Å². The molecule has 1 aromatic rings. The highest BCUT2D eigenvalue weighted by Crippen LogP contribution is 2.24. The number of aryl methyl sites for hydroxylation is 1. The Morgan fingerprint density at radius 3 is 2.47 bits per heavy atom. The lowest BCUT2D eigenvalue weighted by Gasteiger charge is -2.28. The molecule has 9 heteroatoms. The van der Waals surface area contributed by atoms with Gasteiger partial charge in [-0.05, 0) is 6.92 Å². The maximum atomic E-state index is 12.3. The van der Waals surface area contributed by atoms with Crippen molar-refractivity contribution in [1.29, 1.82) is 0 Å². The van der Waals surface area contributed by atoms with Gasteiger partial charge in [0.2, 0.25) is 0 Å². The molecule has 0 saturated heterocycles. The second-order valence-corrected chi connectivity index (χ2v) is 4.16. The quantitative estimate of drug-likeness (QED) is 0.823. The van der Waals surface area contributed by atoms with Crippen molar-refractivity contribution in [3.05, 3.63) is 17.0 Å². The van der Waals surface area contributed by atoms with Gasteiger partial charge in [-0.25, -0.2) is 4.79 Å². The number of hydrogen-bond acceptors (Lipinski definition) is 3. The molecule has 104 valence electrons. The van der Waals surface area contributed by atoms with E-state index in [1.165, 1.54) is 11.6 Å². The van der Waals surface area contributed by atoms with Crippen molar-refractivity contribution in [2.75, 3.05) is 6.54 Å². The molecule has 0 bridgehead atoms. The highest BCUT2D eigenvalue weighted by molar-refractivity contribution is 5.90. The Kier molecular flexibility index (Phi) is 2.99. The number of hydrogen-bond donors (Lipinski definition) is 1. The number of carboxylic acid groups (broad SMARTS) is 1. The van der Waals surface area contributed by atoms with Gasteiger partial charge in [0.15, 0.2) is 0 Å². The molecule has 0 fully saturated rings. The first-order chi connectivity index (χ1) is 8.71. The molecule has 0 aliphatic carbocycles. The predicted octanol–water partition coefficient (Wildman–Crippen LogP) is 0.794. The van der Waals surface area contributed by atoms with Gasteiger partial charge in [-0.1, -0.05) is 0 Å². The number of alkyl halides is 3. The maximum absolute atomic E-state index is 12.3. The van der Waals surface area contributed by atoms with Gasteiger partial charge >= 0.3 is 18.1 Å². The fraction of sp³-hybridized carbons (Fsp3) is 0.500. The summed E-state index contributed by atoms with van der Waals surface area (Å²) in [6, 6.07) is 0.